The number of nitrogens with zero attached hydrogens (tertiary/aromatic N) is 1. The van der Waals surface area contributed by atoms with E-state index in [4.69, 9.17) is 0 Å². The van der Waals surface area contributed by atoms with Gasteiger partial charge < -0.3 is 15.2 Å². The van der Waals surface area contributed by atoms with Gasteiger partial charge in [-0.15, -0.1) is 0 Å². The Balaban J connectivity index is 2.10. The highest BCUT2D eigenvalue weighted by Gasteiger charge is 2.22. The third kappa shape index (κ3) is 3.20. The zero-order valence-electron chi connectivity index (χ0n) is 11.6. The first-order valence-corrected chi connectivity index (χ1v) is 8.01. The van der Waals surface area contributed by atoms with Crippen LogP contribution in [0.5, 0.6) is 0 Å². The molecule has 0 bridgehead atoms. The van der Waals surface area contributed by atoms with Gasteiger partial charge in [0, 0.05) is 26.8 Å². The molecule has 2 rings (SSSR count). The largest absolute Gasteiger partial charge is 0.354 e. The summed E-state index contributed by atoms with van der Waals surface area (Å²) < 4.78 is 28.5. The van der Waals surface area contributed by atoms with Crippen molar-refractivity contribution in [1.29, 1.82) is 0 Å². The lowest BCUT2D eigenvalue weighted by Crippen LogP contribution is -2.30. The predicted octanol–water partition coefficient (Wildman–Crippen LogP) is -0.727. The van der Waals surface area contributed by atoms with Crippen LogP contribution in [-0.4, -0.2) is 45.6 Å². The first-order chi connectivity index (χ1) is 9.44. The number of aryl methyl sites for hydroxylation is 1. The summed E-state index contributed by atoms with van der Waals surface area (Å²) in [6, 6.07) is 1.38. The normalized spacial score (nSPS) is 19.2. The van der Waals surface area contributed by atoms with E-state index >= 15 is 0 Å². The summed E-state index contributed by atoms with van der Waals surface area (Å²) in [6.07, 6.45) is 2.42. The molecule has 0 saturated carbocycles. The van der Waals surface area contributed by atoms with Crippen LogP contribution in [0.2, 0.25) is 0 Å². The topological polar surface area (TPSA) is 92.2 Å². The summed E-state index contributed by atoms with van der Waals surface area (Å²) in [5.74, 6) is 0.0147. The Morgan fingerprint density at radius 3 is 2.90 bits per heavy atom. The maximum absolute atomic E-state index is 12.2. The number of rotatable bonds is 5. The van der Waals surface area contributed by atoms with Crippen LogP contribution in [0.15, 0.2) is 17.2 Å². The SMILES string of the molecule is CNC(=O)c1cc(S(=O)(=O)NCC2CCNC2)cn1C. The van der Waals surface area contributed by atoms with Gasteiger partial charge in [0.2, 0.25) is 10.0 Å². The molecule has 7 nitrogen and oxygen atoms in total. The molecule has 0 aliphatic carbocycles. The van der Waals surface area contributed by atoms with Gasteiger partial charge in [-0.2, -0.15) is 0 Å². The Morgan fingerprint density at radius 2 is 2.30 bits per heavy atom. The Labute approximate surface area is 118 Å². The maximum atomic E-state index is 12.2. The van der Waals surface area contributed by atoms with Gasteiger partial charge in [-0.05, 0) is 31.5 Å². The van der Waals surface area contributed by atoms with Crippen LogP contribution in [0.4, 0.5) is 0 Å². The summed E-state index contributed by atoms with van der Waals surface area (Å²) in [5, 5.41) is 5.67. The number of sulfonamides is 1. The van der Waals surface area contributed by atoms with Crippen molar-refractivity contribution in [2.24, 2.45) is 13.0 Å². The second kappa shape index (κ2) is 5.94. The van der Waals surface area contributed by atoms with Crippen molar-refractivity contribution in [3.63, 3.8) is 0 Å². The highest BCUT2D eigenvalue weighted by molar-refractivity contribution is 7.89. The van der Waals surface area contributed by atoms with Crippen LogP contribution < -0.4 is 15.4 Å². The van der Waals surface area contributed by atoms with E-state index in [2.05, 4.69) is 15.4 Å². The second-order valence-corrected chi connectivity index (χ2v) is 6.73. The fourth-order valence-electron chi connectivity index (χ4n) is 2.23. The molecule has 0 spiro atoms. The molecule has 1 aromatic rings. The van der Waals surface area contributed by atoms with E-state index in [1.54, 1.807) is 7.05 Å². The van der Waals surface area contributed by atoms with Crippen LogP contribution >= 0.6 is 0 Å². The molecule has 0 radical (unpaired) electrons. The van der Waals surface area contributed by atoms with E-state index in [0.29, 0.717) is 18.2 Å². The number of carbonyl (C=O) groups is 1. The first kappa shape index (κ1) is 15.0. The minimum Gasteiger partial charge on any atom is -0.354 e. The summed E-state index contributed by atoms with van der Waals surface area (Å²) >= 11 is 0. The molecule has 1 atom stereocenters. The third-order valence-corrected chi connectivity index (χ3v) is 4.86. The summed E-state index contributed by atoms with van der Waals surface area (Å²) in [7, 11) is -0.418. The highest BCUT2D eigenvalue weighted by Crippen LogP contribution is 2.14. The molecule has 20 heavy (non-hydrogen) atoms. The van der Waals surface area contributed by atoms with E-state index in [9.17, 15) is 13.2 Å². The summed E-state index contributed by atoms with van der Waals surface area (Å²) in [6.45, 7) is 2.18. The molecule has 1 saturated heterocycles. The molecular formula is C12H20N4O3S. The zero-order valence-corrected chi connectivity index (χ0v) is 12.5. The number of aromatic nitrogens is 1. The molecule has 1 amide bonds. The van der Waals surface area contributed by atoms with E-state index in [0.717, 1.165) is 19.5 Å². The number of hydrogen-bond donors (Lipinski definition) is 3. The Morgan fingerprint density at radius 1 is 1.55 bits per heavy atom. The van der Waals surface area contributed by atoms with Crippen LogP contribution in [-0.2, 0) is 17.1 Å². The number of amides is 1. The van der Waals surface area contributed by atoms with Crippen molar-refractivity contribution < 1.29 is 13.2 Å². The maximum Gasteiger partial charge on any atom is 0.267 e. The summed E-state index contributed by atoms with van der Waals surface area (Å²) in [5.41, 5.74) is 0.315. The predicted molar refractivity (Wildman–Crippen MR) is 75.0 cm³/mol. The van der Waals surface area contributed by atoms with E-state index < -0.39 is 10.0 Å². The van der Waals surface area contributed by atoms with Gasteiger partial charge in [-0.3, -0.25) is 4.79 Å². The highest BCUT2D eigenvalue weighted by atomic mass is 32.2. The fraction of sp³-hybridized carbons (Fsp3) is 0.583. The van der Waals surface area contributed by atoms with E-state index in [-0.39, 0.29) is 10.8 Å². The molecule has 1 aliphatic rings. The van der Waals surface area contributed by atoms with E-state index in [1.165, 1.54) is 23.9 Å². The molecule has 3 N–H and O–H groups in total. The summed E-state index contributed by atoms with van der Waals surface area (Å²) in [4.78, 5) is 11.7. The number of hydrogen-bond acceptors (Lipinski definition) is 4. The average molecular weight is 300 g/mol. The second-order valence-electron chi connectivity index (χ2n) is 4.96. The van der Waals surface area contributed by atoms with Crippen molar-refractivity contribution >= 4 is 15.9 Å². The van der Waals surface area contributed by atoms with E-state index in [1.807, 2.05) is 0 Å². The van der Waals surface area contributed by atoms with Gasteiger partial charge in [-0.1, -0.05) is 0 Å². The molecule has 1 aliphatic heterocycles. The molecule has 1 unspecified atom stereocenters. The van der Waals surface area contributed by atoms with Gasteiger partial charge in [0.05, 0.1) is 0 Å². The lowest BCUT2D eigenvalue weighted by Gasteiger charge is -2.09. The lowest BCUT2D eigenvalue weighted by molar-refractivity contribution is 0.0955. The van der Waals surface area contributed by atoms with Crippen LogP contribution in [0, 0.1) is 5.92 Å². The molecule has 112 valence electrons. The fourth-order valence-corrected chi connectivity index (χ4v) is 3.42. The van der Waals surface area contributed by atoms with Gasteiger partial charge in [-0.25, -0.2) is 13.1 Å². The lowest BCUT2D eigenvalue weighted by atomic mass is 10.1. The van der Waals surface area contributed by atoms with Gasteiger partial charge >= 0.3 is 0 Å². The van der Waals surface area contributed by atoms with Crippen molar-refractivity contribution in [3.8, 4) is 0 Å². The molecular weight excluding hydrogens is 280 g/mol. The first-order valence-electron chi connectivity index (χ1n) is 6.53. The quantitative estimate of drug-likeness (QED) is 0.669. The molecule has 1 aromatic heterocycles. The van der Waals surface area contributed by atoms with Crippen molar-refractivity contribution in [2.45, 2.75) is 11.3 Å². The van der Waals surface area contributed by atoms with Gasteiger partial charge in [0.15, 0.2) is 0 Å². The Hall–Kier alpha value is -1.38. The van der Waals surface area contributed by atoms with Crippen molar-refractivity contribution in [3.05, 3.63) is 18.0 Å². The third-order valence-electron chi connectivity index (χ3n) is 3.47. The standard InChI is InChI=1S/C12H20N4O3S/c1-13-12(17)11-5-10(8-16(11)2)20(18,19)15-7-9-3-4-14-6-9/h5,8-9,14-15H,3-4,6-7H2,1-2H3,(H,13,17). The van der Waals surface area contributed by atoms with Crippen LogP contribution in [0.3, 0.4) is 0 Å². The number of carbonyl (C=O) groups excluding carboxylic acids is 1. The smallest absolute Gasteiger partial charge is 0.267 e. The van der Waals surface area contributed by atoms with Crippen molar-refractivity contribution in [2.75, 3.05) is 26.7 Å². The van der Waals surface area contributed by atoms with Crippen LogP contribution in [0.25, 0.3) is 0 Å². The molecule has 0 aromatic carbocycles. The molecule has 1 fully saturated rings. The van der Waals surface area contributed by atoms with Gasteiger partial charge in [0.25, 0.3) is 5.91 Å². The Kier molecular flexibility index (Phi) is 4.46. The zero-order chi connectivity index (χ0) is 14.8. The van der Waals surface area contributed by atoms with Crippen LogP contribution in [0.1, 0.15) is 16.9 Å². The Bertz CT molecular complexity index is 588. The number of nitrogens with one attached hydrogen (secondary N) is 3. The monoisotopic (exact) mass is 300 g/mol. The minimum absolute atomic E-state index is 0.115. The van der Waals surface area contributed by atoms with Crippen molar-refractivity contribution in [1.82, 2.24) is 19.9 Å². The minimum atomic E-state index is -3.57. The average Bonchev–Trinajstić information content (AvgIpc) is 3.05. The molecule has 8 heteroatoms. The van der Waals surface area contributed by atoms with Gasteiger partial charge in [0.1, 0.15) is 10.6 Å². The molecule has 2 heterocycles.